The maximum atomic E-state index is 12.3. The third kappa shape index (κ3) is 2.58. The molecule has 1 amide bonds. The molecule has 108 valence electrons. The number of carbonyl (C=O) groups excluding carboxylic acids is 1. The highest BCUT2D eigenvalue weighted by Crippen LogP contribution is 2.26. The summed E-state index contributed by atoms with van der Waals surface area (Å²) in [5.41, 5.74) is 2.31. The molecule has 0 atom stereocenters. The Balaban J connectivity index is 2.58. The lowest BCUT2D eigenvalue weighted by molar-refractivity contribution is -0.124. The average molecular weight is 283 g/mol. The molecule has 6 heteroatoms. The minimum absolute atomic E-state index is 0.270. The molecule has 21 heavy (non-hydrogen) atoms. The Labute approximate surface area is 124 Å². The fourth-order valence-electron chi connectivity index (χ4n) is 2.10. The van der Waals surface area contributed by atoms with Gasteiger partial charge in [0.2, 0.25) is 0 Å². The number of nitrogens with zero attached hydrogens (tertiary/aromatic N) is 4. The number of hydrazone groups is 1. The summed E-state index contributed by atoms with van der Waals surface area (Å²) >= 11 is 0. The first-order valence-electron chi connectivity index (χ1n) is 6.46. The Morgan fingerprint density at radius 2 is 1.95 bits per heavy atom. The van der Waals surface area contributed by atoms with Crippen LogP contribution in [0.15, 0.2) is 34.9 Å². The van der Waals surface area contributed by atoms with Crippen LogP contribution in [0.25, 0.3) is 5.57 Å². The Hall–Kier alpha value is -2.81. The Morgan fingerprint density at radius 3 is 2.43 bits per heavy atom. The molecule has 0 spiro atoms. The summed E-state index contributed by atoms with van der Waals surface area (Å²) in [6, 6.07) is 9.50. The van der Waals surface area contributed by atoms with Crippen molar-refractivity contribution in [2.24, 2.45) is 5.10 Å². The highest BCUT2D eigenvalue weighted by molar-refractivity contribution is 6.29. The zero-order chi connectivity index (χ0) is 15.6. The number of carbonyl (C=O) groups is 1. The van der Waals surface area contributed by atoms with E-state index < -0.39 is 0 Å². The Bertz CT molecular complexity index is 664. The van der Waals surface area contributed by atoms with Crippen LogP contribution in [0.5, 0.6) is 0 Å². The quantitative estimate of drug-likeness (QED) is 0.657. The molecule has 1 aromatic rings. The first-order chi connectivity index (χ1) is 9.99. The SMILES string of the molecule is CNc1ccc(C(C#N)=C2C(=O)N(C)N=C2N(C)C)cc1. The van der Waals surface area contributed by atoms with Gasteiger partial charge in [-0.3, -0.25) is 4.79 Å². The second kappa shape index (κ2) is 5.67. The van der Waals surface area contributed by atoms with Gasteiger partial charge in [0.1, 0.15) is 11.6 Å². The van der Waals surface area contributed by atoms with Crippen molar-refractivity contribution < 1.29 is 4.79 Å². The zero-order valence-corrected chi connectivity index (χ0v) is 12.5. The number of amidine groups is 1. The van der Waals surface area contributed by atoms with Crippen LogP contribution in [0.3, 0.4) is 0 Å². The minimum atomic E-state index is -0.270. The van der Waals surface area contributed by atoms with Crippen molar-refractivity contribution >= 4 is 23.0 Å². The predicted molar refractivity (Wildman–Crippen MR) is 82.4 cm³/mol. The molecule has 0 bridgehead atoms. The van der Waals surface area contributed by atoms with E-state index in [0.717, 1.165) is 5.69 Å². The van der Waals surface area contributed by atoms with Crippen molar-refractivity contribution in [1.29, 1.82) is 5.26 Å². The van der Waals surface area contributed by atoms with Crippen LogP contribution in [0.2, 0.25) is 0 Å². The molecule has 0 fully saturated rings. The standard InChI is InChI=1S/C15H17N5O/c1-17-11-7-5-10(6-8-11)12(9-16)13-14(19(2)3)18-20(4)15(13)21/h5-8,17H,1-4H3. The fourth-order valence-corrected chi connectivity index (χ4v) is 2.10. The van der Waals surface area contributed by atoms with Gasteiger partial charge in [-0.25, -0.2) is 5.01 Å². The monoisotopic (exact) mass is 283 g/mol. The maximum absolute atomic E-state index is 12.3. The van der Waals surface area contributed by atoms with Crippen LogP contribution >= 0.6 is 0 Å². The summed E-state index contributed by atoms with van der Waals surface area (Å²) in [6.45, 7) is 0. The van der Waals surface area contributed by atoms with E-state index in [9.17, 15) is 10.1 Å². The molecule has 0 radical (unpaired) electrons. The van der Waals surface area contributed by atoms with Crippen molar-refractivity contribution in [3.63, 3.8) is 0 Å². The topological polar surface area (TPSA) is 71.7 Å². The van der Waals surface area contributed by atoms with E-state index in [1.807, 2.05) is 31.3 Å². The molecule has 0 aromatic heterocycles. The number of rotatable bonds is 2. The number of hydrogen-bond donors (Lipinski definition) is 1. The van der Waals surface area contributed by atoms with Crippen molar-refractivity contribution in [3.8, 4) is 6.07 Å². The molecular weight excluding hydrogens is 266 g/mol. The highest BCUT2D eigenvalue weighted by Gasteiger charge is 2.32. The van der Waals surface area contributed by atoms with Gasteiger partial charge in [-0.2, -0.15) is 10.4 Å². The van der Waals surface area contributed by atoms with E-state index in [0.29, 0.717) is 22.5 Å². The van der Waals surface area contributed by atoms with Gasteiger partial charge in [-0.15, -0.1) is 0 Å². The first kappa shape index (κ1) is 14.6. The number of likely N-dealkylation sites (N-methyl/N-ethyl adjacent to an activating group) is 2. The molecule has 1 heterocycles. The van der Waals surface area contributed by atoms with Gasteiger partial charge in [0.05, 0.1) is 5.57 Å². The second-order valence-corrected chi connectivity index (χ2v) is 4.84. The lowest BCUT2D eigenvalue weighted by Gasteiger charge is -2.13. The molecule has 0 aliphatic carbocycles. The average Bonchev–Trinajstić information content (AvgIpc) is 2.78. The molecule has 0 unspecified atom stereocenters. The molecule has 0 saturated heterocycles. The van der Waals surface area contributed by atoms with Crippen LogP contribution in [-0.2, 0) is 4.79 Å². The predicted octanol–water partition coefficient (Wildman–Crippen LogP) is 1.35. The van der Waals surface area contributed by atoms with Gasteiger partial charge in [-0.05, 0) is 17.7 Å². The summed E-state index contributed by atoms with van der Waals surface area (Å²) in [5.74, 6) is 0.227. The first-order valence-corrected chi connectivity index (χ1v) is 6.46. The molecule has 1 N–H and O–H groups in total. The Kier molecular flexibility index (Phi) is 3.94. The smallest absolute Gasteiger partial charge is 0.278 e. The molecule has 6 nitrogen and oxygen atoms in total. The van der Waals surface area contributed by atoms with Crippen molar-refractivity contribution in [2.45, 2.75) is 0 Å². The van der Waals surface area contributed by atoms with E-state index in [-0.39, 0.29) is 5.91 Å². The summed E-state index contributed by atoms with van der Waals surface area (Å²) in [6.07, 6.45) is 0. The third-order valence-corrected chi connectivity index (χ3v) is 3.22. The summed E-state index contributed by atoms with van der Waals surface area (Å²) < 4.78 is 0. The summed E-state index contributed by atoms with van der Waals surface area (Å²) in [7, 11) is 7.00. The van der Waals surface area contributed by atoms with E-state index in [2.05, 4.69) is 16.5 Å². The number of allylic oxidation sites excluding steroid dienone is 1. The van der Waals surface area contributed by atoms with Gasteiger partial charge >= 0.3 is 0 Å². The number of anilines is 1. The summed E-state index contributed by atoms with van der Waals surface area (Å²) in [4.78, 5) is 14.0. The van der Waals surface area contributed by atoms with E-state index in [1.54, 1.807) is 26.0 Å². The number of nitriles is 1. The number of hydrogen-bond acceptors (Lipinski definition) is 5. The number of nitrogens with one attached hydrogen (secondary N) is 1. The number of benzene rings is 1. The lowest BCUT2D eigenvalue weighted by atomic mass is 9.99. The fraction of sp³-hybridized carbons (Fsp3) is 0.267. The van der Waals surface area contributed by atoms with Crippen LogP contribution in [0, 0.1) is 11.3 Å². The molecular formula is C15H17N5O. The van der Waals surface area contributed by atoms with E-state index in [1.165, 1.54) is 5.01 Å². The highest BCUT2D eigenvalue weighted by atomic mass is 16.2. The van der Waals surface area contributed by atoms with Crippen molar-refractivity contribution in [1.82, 2.24) is 9.91 Å². The van der Waals surface area contributed by atoms with Crippen LogP contribution in [-0.4, -0.2) is 49.8 Å². The van der Waals surface area contributed by atoms with Crippen LogP contribution in [0.4, 0.5) is 5.69 Å². The van der Waals surface area contributed by atoms with Crippen molar-refractivity contribution in [2.75, 3.05) is 33.5 Å². The molecule has 0 saturated carbocycles. The minimum Gasteiger partial charge on any atom is -0.388 e. The molecule has 1 aliphatic rings. The van der Waals surface area contributed by atoms with Gasteiger partial charge in [0.25, 0.3) is 5.91 Å². The largest absolute Gasteiger partial charge is 0.388 e. The van der Waals surface area contributed by atoms with Crippen molar-refractivity contribution in [3.05, 3.63) is 35.4 Å². The summed E-state index contributed by atoms with van der Waals surface area (Å²) in [5, 5.41) is 18.0. The van der Waals surface area contributed by atoms with Gasteiger partial charge < -0.3 is 10.2 Å². The Morgan fingerprint density at radius 1 is 1.33 bits per heavy atom. The third-order valence-electron chi connectivity index (χ3n) is 3.22. The van der Waals surface area contributed by atoms with E-state index in [4.69, 9.17) is 0 Å². The molecule has 2 rings (SSSR count). The molecule has 1 aliphatic heterocycles. The molecule has 1 aromatic carbocycles. The van der Waals surface area contributed by atoms with E-state index >= 15 is 0 Å². The van der Waals surface area contributed by atoms with Gasteiger partial charge in [-0.1, -0.05) is 12.1 Å². The van der Waals surface area contributed by atoms with Crippen LogP contribution < -0.4 is 5.32 Å². The zero-order valence-electron chi connectivity index (χ0n) is 12.5. The second-order valence-electron chi connectivity index (χ2n) is 4.84. The van der Waals surface area contributed by atoms with Gasteiger partial charge in [0.15, 0.2) is 5.84 Å². The normalized spacial score (nSPS) is 16.4. The van der Waals surface area contributed by atoms with Crippen LogP contribution in [0.1, 0.15) is 5.56 Å². The van der Waals surface area contributed by atoms with Gasteiger partial charge in [0, 0.05) is 33.9 Å². The number of amides is 1. The lowest BCUT2D eigenvalue weighted by Crippen LogP contribution is -2.25. The maximum Gasteiger partial charge on any atom is 0.278 e.